The molecule has 0 aliphatic heterocycles. The minimum Gasteiger partial charge on any atom is -0.206 e. The van der Waals surface area contributed by atoms with Crippen LogP contribution in [0, 0.1) is 34.9 Å². The molecule has 2 aliphatic rings. The van der Waals surface area contributed by atoms with Crippen molar-refractivity contribution in [3.05, 3.63) is 35.1 Å². The lowest BCUT2D eigenvalue weighted by Gasteiger charge is -2.38. The zero-order valence-corrected chi connectivity index (χ0v) is 16.4. The predicted octanol–water partition coefficient (Wildman–Crippen LogP) is 5.41. The molecule has 2 fully saturated rings. The van der Waals surface area contributed by atoms with Gasteiger partial charge in [0.15, 0.2) is 0 Å². The number of nitrogens with zero attached hydrogens (tertiary/aromatic N) is 1. The van der Waals surface area contributed by atoms with Gasteiger partial charge in [0.2, 0.25) is 0 Å². The minimum atomic E-state index is -0.352. The Kier molecular flexibility index (Phi) is 6.11. The Hall–Kier alpha value is -1.14. The summed E-state index contributed by atoms with van der Waals surface area (Å²) in [7, 11) is 0.233. The van der Waals surface area contributed by atoms with Crippen LogP contribution in [0.2, 0.25) is 12.6 Å². The third-order valence-corrected chi connectivity index (χ3v) is 8.01. The van der Waals surface area contributed by atoms with Crippen LogP contribution in [0.15, 0.2) is 18.2 Å². The van der Waals surface area contributed by atoms with Crippen LogP contribution in [-0.2, 0) is 0 Å². The van der Waals surface area contributed by atoms with Crippen LogP contribution >= 0.6 is 0 Å². The van der Waals surface area contributed by atoms with E-state index in [-0.39, 0.29) is 20.9 Å². The summed E-state index contributed by atoms with van der Waals surface area (Å²) in [4.78, 5) is 0. The molecule has 2 saturated carbocycles. The van der Waals surface area contributed by atoms with E-state index in [1.807, 2.05) is 12.1 Å². The second-order valence-electron chi connectivity index (χ2n) is 8.03. The number of benzene rings is 1. The smallest absolute Gasteiger partial charge is 0.141 e. The van der Waals surface area contributed by atoms with Crippen molar-refractivity contribution in [3.63, 3.8) is 0 Å². The van der Waals surface area contributed by atoms with Gasteiger partial charge in [0, 0.05) is 9.52 Å². The molecule has 24 heavy (non-hydrogen) atoms. The lowest BCUT2D eigenvalue weighted by molar-refractivity contribution is 0.165. The highest BCUT2D eigenvalue weighted by Crippen LogP contribution is 2.44. The van der Waals surface area contributed by atoms with Gasteiger partial charge in [-0.1, -0.05) is 31.5 Å². The van der Waals surface area contributed by atoms with Crippen LogP contribution in [0.4, 0.5) is 4.39 Å². The van der Waals surface area contributed by atoms with Crippen LogP contribution in [0.3, 0.4) is 0 Å². The van der Waals surface area contributed by atoms with Gasteiger partial charge in [0.05, 0.1) is 5.56 Å². The first kappa shape index (κ1) is 17.7. The lowest BCUT2D eigenvalue weighted by Crippen LogP contribution is -2.25. The van der Waals surface area contributed by atoms with Gasteiger partial charge < -0.3 is 0 Å². The van der Waals surface area contributed by atoms with Gasteiger partial charge in [-0.05, 0) is 79.9 Å². The van der Waals surface area contributed by atoms with Crippen molar-refractivity contribution in [3.8, 4) is 6.07 Å². The zero-order valence-electron chi connectivity index (χ0n) is 14.9. The summed E-state index contributed by atoms with van der Waals surface area (Å²) in [6.07, 6.45) is 10.9. The Labute approximate surface area is 148 Å². The molecule has 0 spiro atoms. The van der Waals surface area contributed by atoms with E-state index in [0.717, 1.165) is 23.3 Å². The standard InChI is InChI=1S/C21H30FNSi/c1-24-14-15-2-4-16(5-3-15)17-6-8-18(9-7-17)19-10-11-20(13-23)21(22)12-19/h10-12,15-18H,2-9,14,24H2,1H3. The molecule has 0 bridgehead atoms. The minimum absolute atomic E-state index is 0.166. The van der Waals surface area contributed by atoms with E-state index in [1.54, 1.807) is 18.2 Å². The SMILES string of the molecule is C[SiH2]CC1CCC(C2CCC(c3ccc(C#N)c(F)c3)CC2)CC1. The average molecular weight is 344 g/mol. The molecule has 0 atom stereocenters. The Morgan fingerprint density at radius 3 is 2.21 bits per heavy atom. The van der Waals surface area contributed by atoms with E-state index in [2.05, 4.69) is 6.55 Å². The summed E-state index contributed by atoms with van der Waals surface area (Å²) in [6.45, 7) is 2.44. The summed E-state index contributed by atoms with van der Waals surface area (Å²) >= 11 is 0. The summed E-state index contributed by atoms with van der Waals surface area (Å²) in [5.74, 6) is 3.06. The third kappa shape index (κ3) is 4.09. The summed E-state index contributed by atoms with van der Waals surface area (Å²) in [5, 5.41) is 8.86. The highest BCUT2D eigenvalue weighted by Gasteiger charge is 2.31. The van der Waals surface area contributed by atoms with Gasteiger partial charge in [-0.3, -0.25) is 0 Å². The van der Waals surface area contributed by atoms with Crippen LogP contribution in [0.1, 0.15) is 68.4 Å². The van der Waals surface area contributed by atoms with Crippen LogP contribution in [0.25, 0.3) is 0 Å². The number of hydrogen-bond donors (Lipinski definition) is 0. The maximum Gasteiger partial charge on any atom is 0.141 e. The van der Waals surface area contributed by atoms with E-state index in [9.17, 15) is 4.39 Å². The Bertz CT molecular complexity index is 578. The maximum atomic E-state index is 13.9. The topological polar surface area (TPSA) is 23.8 Å². The van der Waals surface area contributed by atoms with Crippen molar-refractivity contribution in [2.45, 2.75) is 69.9 Å². The highest BCUT2D eigenvalue weighted by atomic mass is 28.2. The molecule has 3 heteroatoms. The fraction of sp³-hybridized carbons (Fsp3) is 0.667. The van der Waals surface area contributed by atoms with E-state index in [4.69, 9.17) is 5.26 Å². The number of hydrogen-bond acceptors (Lipinski definition) is 1. The number of rotatable bonds is 4. The summed E-state index contributed by atoms with van der Waals surface area (Å²) < 4.78 is 13.9. The Morgan fingerprint density at radius 1 is 1.04 bits per heavy atom. The largest absolute Gasteiger partial charge is 0.206 e. The number of halogens is 1. The van der Waals surface area contributed by atoms with E-state index in [0.29, 0.717) is 5.92 Å². The first-order chi connectivity index (χ1) is 11.7. The maximum absolute atomic E-state index is 13.9. The van der Waals surface area contributed by atoms with Crippen molar-refractivity contribution in [2.75, 3.05) is 0 Å². The highest BCUT2D eigenvalue weighted by molar-refractivity contribution is 6.33. The van der Waals surface area contributed by atoms with Gasteiger partial charge in [0.1, 0.15) is 11.9 Å². The molecule has 130 valence electrons. The van der Waals surface area contributed by atoms with Crippen LogP contribution in [-0.4, -0.2) is 9.52 Å². The quantitative estimate of drug-likeness (QED) is 0.670. The van der Waals surface area contributed by atoms with Gasteiger partial charge in [-0.2, -0.15) is 5.26 Å². The van der Waals surface area contributed by atoms with Crippen LogP contribution < -0.4 is 0 Å². The third-order valence-electron chi connectivity index (χ3n) is 6.61. The van der Waals surface area contributed by atoms with Crippen molar-refractivity contribution < 1.29 is 4.39 Å². The molecule has 0 heterocycles. The molecule has 1 nitrogen and oxygen atoms in total. The van der Waals surface area contributed by atoms with Crippen molar-refractivity contribution in [1.82, 2.24) is 0 Å². The fourth-order valence-electron chi connectivity index (χ4n) is 5.16. The number of nitriles is 1. The Morgan fingerprint density at radius 2 is 1.67 bits per heavy atom. The van der Waals surface area contributed by atoms with Crippen molar-refractivity contribution in [1.29, 1.82) is 5.26 Å². The summed E-state index contributed by atoms with van der Waals surface area (Å²) in [6, 6.07) is 8.69. The van der Waals surface area contributed by atoms with Crippen LogP contribution in [0.5, 0.6) is 0 Å². The van der Waals surface area contributed by atoms with E-state index in [1.165, 1.54) is 51.4 Å². The molecular weight excluding hydrogens is 313 g/mol. The van der Waals surface area contributed by atoms with Gasteiger partial charge in [-0.15, -0.1) is 0 Å². The molecule has 0 N–H and O–H groups in total. The monoisotopic (exact) mass is 343 g/mol. The first-order valence-electron chi connectivity index (χ1n) is 9.90. The summed E-state index contributed by atoms with van der Waals surface area (Å²) in [5.41, 5.74) is 1.26. The molecule has 2 aliphatic carbocycles. The van der Waals surface area contributed by atoms with Crippen molar-refractivity contribution in [2.24, 2.45) is 17.8 Å². The van der Waals surface area contributed by atoms with E-state index < -0.39 is 0 Å². The van der Waals surface area contributed by atoms with Gasteiger partial charge in [-0.25, -0.2) is 4.39 Å². The molecule has 0 radical (unpaired) electrons. The van der Waals surface area contributed by atoms with Gasteiger partial charge >= 0.3 is 0 Å². The second kappa shape index (κ2) is 8.29. The molecule has 0 unspecified atom stereocenters. The molecule has 1 aromatic rings. The zero-order chi connectivity index (χ0) is 16.9. The first-order valence-corrected chi connectivity index (χ1v) is 12.3. The molecular formula is C21H30FNSi. The molecule has 0 saturated heterocycles. The van der Waals surface area contributed by atoms with Crippen molar-refractivity contribution >= 4 is 9.52 Å². The second-order valence-corrected chi connectivity index (χ2v) is 9.61. The molecule has 0 aromatic heterocycles. The predicted molar refractivity (Wildman–Crippen MR) is 100 cm³/mol. The Balaban J connectivity index is 1.51. The lowest BCUT2D eigenvalue weighted by atomic mass is 9.68. The molecule has 1 aromatic carbocycles. The normalized spacial score (nSPS) is 31.2. The fourth-order valence-corrected chi connectivity index (χ4v) is 6.55. The average Bonchev–Trinajstić information content (AvgIpc) is 2.63. The van der Waals surface area contributed by atoms with Gasteiger partial charge in [0.25, 0.3) is 0 Å². The molecule has 0 amide bonds. The van der Waals surface area contributed by atoms with E-state index >= 15 is 0 Å². The molecule has 3 rings (SSSR count).